The molecule has 1 aliphatic rings. The van der Waals surface area contributed by atoms with Crippen LogP contribution in [0, 0.1) is 0 Å². The fourth-order valence-electron chi connectivity index (χ4n) is 1.95. The molecule has 0 radical (unpaired) electrons. The van der Waals surface area contributed by atoms with Crippen molar-refractivity contribution in [2.45, 2.75) is 25.7 Å². The predicted molar refractivity (Wildman–Crippen MR) is 67.3 cm³/mol. The second kappa shape index (κ2) is 5.70. The number of fused-ring (bicyclic) bond motifs is 1. The molecule has 0 bridgehead atoms. The Balaban J connectivity index is 1.94. The van der Waals surface area contributed by atoms with Gasteiger partial charge in [0, 0.05) is 22.9 Å². The van der Waals surface area contributed by atoms with E-state index in [1.807, 2.05) is 6.07 Å². The highest BCUT2D eigenvalue weighted by atomic mass is 32.1. The van der Waals surface area contributed by atoms with E-state index in [-0.39, 0.29) is 5.91 Å². The first-order chi connectivity index (χ1) is 8.31. The van der Waals surface area contributed by atoms with E-state index in [0.717, 1.165) is 17.7 Å². The summed E-state index contributed by atoms with van der Waals surface area (Å²) in [6, 6.07) is 2.00. The summed E-state index contributed by atoms with van der Waals surface area (Å²) in [5, 5.41) is 6.12. The Bertz CT molecular complexity index is 439. The molecule has 0 saturated carbocycles. The summed E-state index contributed by atoms with van der Waals surface area (Å²) in [5.74, 6) is -0.0578. The van der Waals surface area contributed by atoms with E-state index in [9.17, 15) is 4.79 Å². The third kappa shape index (κ3) is 2.99. The van der Waals surface area contributed by atoms with Gasteiger partial charge in [-0.1, -0.05) is 5.11 Å². The largest absolute Gasteiger partial charge is 0.351 e. The van der Waals surface area contributed by atoms with Gasteiger partial charge in [0.1, 0.15) is 0 Å². The molecule has 0 aromatic carbocycles. The Morgan fingerprint density at radius 3 is 3.12 bits per heavy atom. The van der Waals surface area contributed by atoms with Crippen LogP contribution in [0.1, 0.15) is 33.0 Å². The molecule has 1 aromatic heterocycles. The highest BCUT2D eigenvalue weighted by Crippen LogP contribution is 2.29. The highest BCUT2D eigenvalue weighted by Gasteiger charge is 2.16. The predicted octanol–water partition coefficient (Wildman–Crippen LogP) is 2.67. The Labute approximate surface area is 103 Å². The van der Waals surface area contributed by atoms with Gasteiger partial charge in [-0.15, -0.1) is 11.3 Å². The fraction of sp³-hybridized carbons (Fsp3) is 0.545. The van der Waals surface area contributed by atoms with E-state index < -0.39 is 0 Å². The molecule has 1 N–H and O–H groups in total. The van der Waals surface area contributed by atoms with Crippen molar-refractivity contribution in [1.82, 2.24) is 5.32 Å². The number of hydrogen-bond acceptors (Lipinski definition) is 3. The van der Waals surface area contributed by atoms with Crippen LogP contribution in [0.25, 0.3) is 10.4 Å². The molecule has 17 heavy (non-hydrogen) atoms. The van der Waals surface area contributed by atoms with E-state index in [0.29, 0.717) is 13.1 Å². The Morgan fingerprint density at radius 1 is 1.53 bits per heavy atom. The van der Waals surface area contributed by atoms with Crippen molar-refractivity contribution in [2.24, 2.45) is 5.11 Å². The molecule has 0 unspecified atom stereocenters. The molecule has 5 nitrogen and oxygen atoms in total. The molecule has 2 rings (SSSR count). The van der Waals surface area contributed by atoms with Crippen LogP contribution in [0.4, 0.5) is 0 Å². The summed E-state index contributed by atoms with van der Waals surface area (Å²) in [5.41, 5.74) is 9.44. The van der Waals surface area contributed by atoms with E-state index >= 15 is 0 Å². The average molecular weight is 250 g/mol. The number of hydrogen-bond donors (Lipinski definition) is 1. The standard InChI is InChI=1S/C11H14N4OS/c12-15-14-6-5-13-11(16)10-7-8-3-1-2-4-9(8)17-10/h7H,1-6H2,(H,13,16). The van der Waals surface area contributed by atoms with Crippen molar-refractivity contribution in [3.63, 3.8) is 0 Å². The van der Waals surface area contributed by atoms with Gasteiger partial charge in [-0.05, 0) is 42.8 Å². The van der Waals surface area contributed by atoms with E-state index in [1.165, 1.54) is 23.3 Å². The number of thiophene rings is 1. The van der Waals surface area contributed by atoms with Gasteiger partial charge in [-0.2, -0.15) is 0 Å². The van der Waals surface area contributed by atoms with E-state index in [4.69, 9.17) is 5.53 Å². The zero-order valence-corrected chi connectivity index (χ0v) is 10.3. The average Bonchev–Trinajstić information content (AvgIpc) is 2.78. The number of carbonyl (C=O) groups excluding carboxylic acids is 1. The first-order valence-electron chi connectivity index (χ1n) is 5.72. The van der Waals surface area contributed by atoms with Crippen molar-refractivity contribution in [3.8, 4) is 0 Å². The van der Waals surface area contributed by atoms with Crippen LogP contribution in [0.3, 0.4) is 0 Å². The lowest BCUT2D eigenvalue weighted by molar-refractivity contribution is 0.0959. The quantitative estimate of drug-likeness (QED) is 0.379. The molecule has 0 aliphatic heterocycles. The number of azide groups is 1. The molecule has 90 valence electrons. The Hall–Kier alpha value is -1.52. The van der Waals surface area contributed by atoms with Crippen LogP contribution in [0.15, 0.2) is 11.2 Å². The lowest BCUT2D eigenvalue weighted by Gasteiger charge is -2.08. The van der Waals surface area contributed by atoms with E-state index in [1.54, 1.807) is 11.3 Å². The summed E-state index contributed by atoms with van der Waals surface area (Å²) in [6.07, 6.45) is 4.65. The zero-order valence-electron chi connectivity index (χ0n) is 9.48. The van der Waals surface area contributed by atoms with Gasteiger partial charge in [0.2, 0.25) is 0 Å². The number of nitrogens with zero attached hydrogens (tertiary/aromatic N) is 3. The number of amides is 1. The van der Waals surface area contributed by atoms with Crippen LogP contribution in [-0.4, -0.2) is 19.0 Å². The first-order valence-corrected chi connectivity index (χ1v) is 6.53. The van der Waals surface area contributed by atoms with Gasteiger partial charge in [0.25, 0.3) is 5.91 Å². The van der Waals surface area contributed by atoms with Gasteiger partial charge in [-0.3, -0.25) is 4.79 Å². The van der Waals surface area contributed by atoms with Crippen molar-refractivity contribution in [1.29, 1.82) is 0 Å². The smallest absolute Gasteiger partial charge is 0.261 e. The summed E-state index contributed by atoms with van der Waals surface area (Å²) < 4.78 is 0. The van der Waals surface area contributed by atoms with Crippen LogP contribution in [-0.2, 0) is 12.8 Å². The minimum atomic E-state index is -0.0578. The monoisotopic (exact) mass is 250 g/mol. The van der Waals surface area contributed by atoms with Crippen molar-refractivity contribution >= 4 is 17.2 Å². The Kier molecular flexibility index (Phi) is 4.01. The fourth-order valence-corrected chi connectivity index (χ4v) is 3.12. The molecule has 0 fully saturated rings. The normalized spacial score (nSPS) is 13.6. The highest BCUT2D eigenvalue weighted by molar-refractivity contribution is 7.14. The van der Waals surface area contributed by atoms with Gasteiger partial charge in [0.05, 0.1) is 4.88 Å². The van der Waals surface area contributed by atoms with Gasteiger partial charge >= 0.3 is 0 Å². The third-order valence-corrected chi connectivity index (χ3v) is 4.02. The number of rotatable bonds is 4. The van der Waals surface area contributed by atoms with Crippen molar-refractivity contribution in [2.75, 3.05) is 13.1 Å². The molecule has 0 spiro atoms. The summed E-state index contributed by atoms with van der Waals surface area (Å²) in [4.78, 5) is 16.6. The minimum Gasteiger partial charge on any atom is -0.351 e. The number of carbonyl (C=O) groups is 1. The number of aryl methyl sites for hydroxylation is 2. The van der Waals surface area contributed by atoms with Crippen LogP contribution < -0.4 is 5.32 Å². The SMILES string of the molecule is [N-]=[N+]=NCCNC(=O)c1cc2c(s1)CCCC2. The van der Waals surface area contributed by atoms with Crippen LogP contribution in [0.5, 0.6) is 0 Å². The van der Waals surface area contributed by atoms with Gasteiger partial charge in [0.15, 0.2) is 0 Å². The second-order valence-electron chi connectivity index (χ2n) is 3.98. The molecular weight excluding hydrogens is 236 g/mol. The van der Waals surface area contributed by atoms with Gasteiger partial charge in [-0.25, -0.2) is 0 Å². The third-order valence-electron chi connectivity index (χ3n) is 2.78. The molecule has 1 aliphatic carbocycles. The van der Waals surface area contributed by atoms with Gasteiger partial charge < -0.3 is 5.32 Å². The molecule has 6 heteroatoms. The second-order valence-corrected chi connectivity index (χ2v) is 5.11. The molecule has 1 aromatic rings. The lowest BCUT2D eigenvalue weighted by atomic mass is 9.99. The topological polar surface area (TPSA) is 77.9 Å². The molecule has 1 amide bonds. The first kappa shape index (κ1) is 12.0. The zero-order chi connectivity index (χ0) is 12.1. The van der Waals surface area contributed by atoms with Crippen LogP contribution in [0.2, 0.25) is 0 Å². The summed E-state index contributed by atoms with van der Waals surface area (Å²) in [6.45, 7) is 0.693. The maximum atomic E-state index is 11.8. The van der Waals surface area contributed by atoms with Crippen LogP contribution >= 0.6 is 11.3 Å². The number of nitrogens with one attached hydrogen (secondary N) is 1. The van der Waals surface area contributed by atoms with E-state index in [2.05, 4.69) is 15.3 Å². The lowest BCUT2D eigenvalue weighted by Crippen LogP contribution is -2.25. The minimum absolute atomic E-state index is 0.0578. The summed E-state index contributed by atoms with van der Waals surface area (Å²) >= 11 is 1.59. The van der Waals surface area contributed by atoms with Crippen molar-refractivity contribution in [3.05, 3.63) is 31.8 Å². The Morgan fingerprint density at radius 2 is 2.35 bits per heavy atom. The molecule has 1 heterocycles. The summed E-state index contributed by atoms with van der Waals surface area (Å²) in [7, 11) is 0. The van der Waals surface area contributed by atoms with Crippen molar-refractivity contribution < 1.29 is 4.79 Å². The molecule has 0 saturated heterocycles. The molecule has 0 atom stereocenters. The maximum Gasteiger partial charge on any atom is 0.261 e. The maximum absolute atomic E-state index is 11.8. The molecular formula is C11H14N4OS.